The number of carbonyl (C=O) groups is 2. The fraction of sp³-hybridized carbons (Fsp3) is 0.182. The lowest BCUT2D eigenvalue weighted by Gasteiger charge is -2.24. The summed E-state index contributed by atoms with van der Waals surface area (Å²) in [7, 11) is 1.69. The van der Waals surface area contributed by atoms with Crippen molar-refractivity contribution < 1.29 is 14.0 Å². The van der Waals surface area contributed by atoms with Gasteiger partial charge < -0.3 is 14.6 Å². The Hall–Kier alpha value is -3.05. The average Bonchev–Trinajstić information content (AvgIpc) is 3.21. The van der Waals surface area contributed by atoms with Crippen molar-refractivity contribution in [2.24, 2.45) is 0 Å². The van der Waals surface area contributed by atoms with Crippen LogP contribution in [0.25, 0.3) is 0 Å². The second kappa shape index (κ2) is 9.24. The van der Waals surface area contributed by atoms with Crippen molar-refractivity contribution in [3.8, 4) is 0 Å². The van der Waals surface area contributed by atoms with Gasteiger partial charge >= 0.3 is 0 Å². The fourth-order valence-corrected chi connectivity index (χ4v) is 3.00. The van der Waals surface area contributed by atoms with Crippen molar-refractivity contribution in [3.05, 3.63) is 94.9 Å². The number of carbonyl (C=O) groups excluding carboxylic acids is 2. The molecule has 1 N–H and O–H groups in total. The molecule has 1 atom stereocenters. The standard InChI is InChI=1S/C22H21ClN2O3/c1-25(15-19-8-5-13-28-19)22(27)20(14-16-6-3-2-4-7-16)24-21(26)17-9-11-18(23)12-10-17/h2-13,20H,14-15H2,1H3,(H,24,26). The molecule has 3 aromatic rings. The minimum absolute atomic E-state index is 0.192. The number of rotatable bonds is 7. The first-order chi connectivity index (χ1) is 13.5. The summed E-state index contributed by atoms with van der Waals surface area (Å²) >= 11 is 5.89. The minimum atomic E-state index is -0.703. The van der Waals surface area contributed by atoms with E-state index in [2.05, 4.69) is 5.32 Å². The lowest BCUT2D eigenvalue weighted by Crippen LogP contribution is -2.48. The monoisotopic (exact) mass is 396 g/mol. The molecule has 0 aliphatic heterocycles. The van der Waals surface area contributed by atoms with E-state index in [0.717, 1.165) is 5.56 Å². The normalized spacial score (nSPS) is 11.6. The Balaban J connectivity index is 1.76. The van der Waals surface area contributed by atoms with Crippen molar-refractivity contribution >= 4 is 23.4 Å². The maximum Gasteiger partial charge on any atom is 0.251 e. The highest BCUT2D eigenvalue weighted by Gasteiger charge is 2.25. The van der Waals surface area contributed by atoms with E-state index in [4.69, 9.17) is 16.0 Å². The summed E-state index contributed by atoms with van der Waals surface area (Å²) in [5.74, 6) is 0.165. The summed E-state index contributed by atoms with van der Waals surface area (Å²) < 4.78 is 5.32. The predicted molar refractivity (Wildman–Crippen MR) is 108 cm³/mol. The van der Waals surface area contributed by atoms with Crippen LogP contribution in [0, 0.1) is 0 Å². The minimum Gasteiger partial charge on any atom is -0.467 e. The van der Waals surface area contributed by atoms with Crippen LogP contribution in [0.1, 0.15) is 21.7 Å². The van der Waals surface area contributed by atoms with E-state index in [0.29, 0.717) is 29.3 Å². The molecule has 0 fully saturated rings. The zero-order chi connectivity index (χ0) is 19.9. The van der Waals surface area contributed by atoms with Gasteiger partial charge in [0.15, 0.2) is 0 Å². The molecule has 144 valence electrons. The highest BCUT2D eigenvalue weighted by atomic mass is 35.5. The van der Waals surface area contributed by atoms with Crippen LogP contribution in [-0.4, -0.2) is 29.8 Å². The van der Waals surface area contributed by atoms with Gasteiger partial charge in [-0.3, -0.25) is 9.59 Å². The Morgan fingerprint density at radius 1 is 1.04 bits per heavy atom. The maximum atomic E-state index is 13.0. The molecule has 1 unspecified atom stereocenters. The van der Waals surface area contributed by atoms with Crippen molar-refractivity contribution in [1.29, 1.82) is 0 Å². The van der Waals surface area contributed by atoms with Crippen LogP contribution in [0.2, 0.25) is 5.02 Å². The first kappa shape index (κ1) is 19.7. The van der Waals surface area contributed by atoms with Crippen LogP contribution in [0.15, 0.2) is 77.4 Å². The van der Waals surface area contributed by atoms with Crippen LogP contribution in [0.5, 0.6) is 0 Å². The SMILES string of the molecule is CN(Cc1ccco1)C(=O)C(Cc1ccccc1)NC(=O)c1ccc(Cl)cc1. The molecule has 1 heterocycles. The van der Waals surface area contributed by atoms with E-state index in [1.54, 1.807) is 48.5 Å². The fourth-order valence-electron chi connectivity index (χ4n) is 2.87. The smallest absolute Gasteiger partial charge is 0.251 e. The number of furan rings is 1. The van der Waals surface area contributed by atoms with Crippen LogP contribution >= 0.6 is 11.6 Å². The first-order valence-corrected chi connectivity index (χ1v) is 9.28. The van der Waals surface area contributed by atoms with Crippen molar-refractivity contribution in [2.75, 3.05) is 7.05 Å². The van der Waals surface area contributed by atoms with Crippen molar-refractivity contribution in [2.45, 2.75) is 19.0 Å². The summed E-state index contributed by atoms with van der Waals surface area (Å²) in [5, 5.41) is 3.41. The van der Waals surface area contributed by atoms with Gasteiger partial charge in [0.1, 0.15) is 11.8 Å². The van der Waals surface area contributed by atoms with Crippen LogP contribution in [0.4, 0.5) is 0 Å². The van der Waals surface area contributed by atoms with Gasteiger partial charge in [0, 0.05) is 24.1 Å². The second-order valence-electron chi connectivity index (χ2n) is 6.50. The summed E-state index contributed by atoms with van der Waals surface area (Å²) in [6, 6.07) is 19.0. The predicted octanol–water partition coefficient (Wildman–Crippen LogP) is 3.93. The molecule has 0 aliphatic carbocycles. The van der Waals surface area contributed by atoms with Gasteiger partial charge in [-0.15, -0.1) is 0 Å². The average molecular weight is 397 g/mol. The highest BCUT2D eigenvalue weighted by Crippen LogP contribution is 2.12. The third kappa shape index (κ3) is 5.24. The maximum absolute atomic E-state index is 13.0. The number of halogens is 1. The molecule has 2 amide bonds. The Bertz CT molecular complexity index is 909. The lowest BCUT2D eigenvalue weighted by atomic mass is 10.0. The number of hydrogen-bond acceptors (Lipinski definition) is 3. The third-order valence-electron chi connectivity index (χ3n) is 4.34. The number of amides is 2. The largest absolute Gasteiger partial charge is 0.467 e. The molecule has 0 bridgehead atoms. The summed E-state index contributed by atoms with van der Waals surface area (Å²) in [5.41, 5.74) is 1.41. The molecular formula is C22H21ClN2O3. The van der Waals surface area contributed by atoms with Gasteiger partial charge in [-0.25, -0.2) is 0 Å². The van der Waals surface area contributed by atoms with Gasteiger partial charge in [0.05, 0.1) is 12.8 Å². The Morgan fingerprint density at radius 3 is 2.39 bits per heavy atom. The molecule has 0 saturated carbocycles. The molecule has 5 nitrogen and oxygen atoms in total. The molecule has 28 heavy (non-hydrogen) atoms. The van der Waals surface area contributed by atoms with E-state index in [1.165, 1.54) is 0 Å². The van der Waals surface area contributed by atoms with Crippen LogP contribution < -0.4 is 5.32 Å². The van der Waals surface area contributed by atoms with Crippen molar-refractivity contribution in [1.82, 2.24) is 10.2 Å². The van der Waals surface area contributed by atoms with Gasteiger partial charge in [0.25, 0.3) is 5.91 Å². The Morgan fingerprint density at radius 2 is 1.75 bits per heavy atom. The number of nitrogens with zero attached hydrogens (tertiary/aromatic N) is 1. The highest BCUT2D eigenvalue weighted by molar-refractivity contribution is 6.30. The van der Waals surface area contributed by atoms with Crippen LogP contribution in [0.3, 0.4) is 0 Å². The second-order valence-corrected chi connectivity index (χ2v) is 6.93. The molecule has 0 aliphatic rings. The van der Waals surface area contributed by atoms with E-state index >= 15 is 0 Å². The summed E-state index contributed by atoms with van der Waals surface area (Å²) in [4.78, 5) is 27.3. The Labute approximate surface area is 168 Å². The molecule has 3 rings (SSSR count). The van der Waals surface area contributed by atoms with Gasteiger partial charge in [-0.1, -0.05) is 41.9 Å². The van der Waals surface area contributed by atoms with E-state index in [1.807, 2.05) is 36.4 Å². The first-order valence-electron chi connectivity index (χ1n) is 8.90. The van der Waals surface area contributed by atoms with E-state index < -0.39 is 6.04 Å². The molecule has 6 heteroatoms. The van der Waals surface area contributed by atoms with Crippen molar-refractivity contribution in [3.63, 3.8) is 0 Å². The van der Waals surface area contributed by atoms with Gasteiger partial charge in [0.2, 0.25) is 5.91 Å². The topological polar surface area (TPSA) is 62.6 Å². The van der Waals surface area contributed by atoms with Crippen LogP contribution in [-0.2, 0) is 17.8 Å². The molecule has 0 radical (unpaired) electrons. The van der Waals surface area contributed by atoms with E-state index in [9.17, 15) is 9.59 Å². The summed E-state index contributed by atoms with van der Waals surface area (Å²) in [6.45, 7) is 0.327. The molecule has 0 saturated heterocycles. The van der Waals surface area contributed by atoms with Gasteiger partial charge in [-0.2, -0.15) is 0 Å². The molecule has 2 aromatic carbocycles. The molecule has 1 aromatic heterocycles. The lowest BCUT2D eigenvalue weighted by molar-refractivity contribution is -0.132. The zero-order valence-corrected chi connectivity index (χ0v) is 16.2. The summed E-state index contributed by atoms with van der Waals surface area (Å²) in [6.07, 6.45) is 1.96. The van der Waals surface area contributed by atoms with Gasteiger partial charge in [-0.05, 0) is 42.0 Å². The van der Waals surface area contributed by atoms with E-state index in [-0.39, 0.29) is 11.8 Å². The zero-order valence-electron chi connectivity index (χ0n) is 15.5. The number of hydrogen-bond donors (Lipinski definition) is 1. The number of benzene rings is 2. The quantitative estimate of drug-likeness (QED) is 0.658. The Kier molecular flexibility index (Phi) is 6.50. The molecule has 0 spiro atoms. The third-order valence-corrected chi connectivity index (χ3v) is 4.59. The number of likely N-dealkylation sites (N-methyl/N-ethyl adjacent to an activating group) is 1. The number of nitrogens with one attached hydrogen (secondary N) is 1. The molecular weight excluding hydrogens is 376 g/mol.